The molecule has 0 saturated heterocycles. The minimum atomic E-state index is 1.23. The molecule has 0 N–H and O–H groups in total. The normalized spacial score (nSPS) is 11.5. The van der Waals surface area contributed by atoms with Gasteiger partial charge in [0.2, 0.25) is 0 Å². The van der Waals surface area contributed by atoms with Crippen LogP contribution in [0, 0.1) is 0 Å². The molecule has 0 radical (unpaired) electrons. The van der Waals surface area contributed by atoms with Crippen molar-refractivity contribution >= 4 is 43.1 Å². The predicted molar refractivity (Wildman–Crippen MR) is 173 cm³/mol. The van der Waals surface area contributed by atoms with Crippen molar-refractivity contribution in [1.29, 1.82) is 0 Å². The third-order valence-electron chi connectivity index (χ3n) is 8.22. The van der Waals surface area contributed by atoms with Crippen LogP contribution in [0.2, 0.25) is 0 Å². The van der Waals surface area contributed by atoms with Crippen LogP contribution in [-0.2, 0) is 0 Å². The van der Waals surface area contributed by atoms with Gasteiger partial charge in [-0.05, 0) is 94.7 Å². The van der Waals surface area contributed by atoms with Crippen LogP contribution in [0.15, 0.2) is 158 Å². The van der Waals surface area contributed by atoms with E-state index < -0.39 is 0 Å². The van der Waals surface area contributed by atoms with Gasteiger partial charge in [0.25, 0.3) is 0 Å². The Morgan fingerprint density at radius 3 is 1.73 bits per heavy atom. The minimum absolute atomic E-state index is 1.23. The fourth-order valence-electron chi connectivity index (χ4n) is 6.32. The summed E-state index contributed by atoms with van der Waals surface area (Å²) in [6.07, 6.45) is 0. The molecule has 8 aromatic rings. The average molecular weight is 507 g/mol. The van der Waals surface area contributed by atoms with E-state index in [1.54, 1.807) is 0 Å². The molecule has 8 rings (SSSR count). The SMILES string of the molecule is c1cc(-c2ccc3ccccc3c2)cc(-c2cc3cccc(-c4cccc5ccccc45)c3c3ccccc23)c1. The second kappa shape index (κ2) is 9.22. The van der Waals surface area contributed by atoms with E-state index in [0.29, 0.717) is 0 Å². The molecule has 0 aliphatic heterocycles. The summed E-state index contributed by atoms with van der Waals surface area (Å²) in [6, 6.07) is 57.6. The number of hydrogen-bond acceptors (Lipinski definition) is 0. The molecule has 0 heterocycles. The van der Waals surface area contributed by atoms with E-state index in [1.807, 2.05) is 0 Å². The molecular formula is C40H26. The molecule has 0 atom stereocenters. The third kappa shape index (κ3) is 3.69. The van der Waals surface area contributed by atoms with Crippen molar-refractivity contribution in [3.63, 3.8) is 0 Å². The molecule has 0 aliphatic rings. The molecule has 0 spiro atoms. The van der Waals surface area contributed by atoms with Gasteiger partial charge in [-0.15, -0.1) is 0 Å². The zero-order valence-electron chi connectivity index (χ0n) is 22.0. The second-order valence-corrected chi connectivity index (χ2v) is 10.5. The lowest BCUT2D eigenvalue weighted by atomic mass is 9.87. The summed E-state index contributed by atoms with van der Waals surface area (Å²) >= 11 is 0. The summed E-state index contributed by atoms with van der Waals surface area (Å²) in [6.45, 7) is 0. The monoisotopic (exact) mass is 506 g/mol. The zero-order chi connectivity index (χ0) is 26.5. The standard InChI is InChI=1S/C40H26/c1-2-12-29-24-31(23-22-27(29)10-1)30-14-7-15-32(25-30)39-26-33-16-9-21-38(40(33)37-19-6-5-18-36(37)39)35-20-8-13-28-11-3-4-17-34(28)35/h1-26H. The van der Waals surface area contributed by atoms with Crippen LogP contribution in [-0.4, -0.2) is 0 Å². The Morgan fingerprint density at radius 1 is 0.250 bits per heavy atom. The van der Waals surface area contributed by atoms with Crippen LogP contribution < -0.4 is 0 Å². The molecular weight excluding hydrogens is 480 g/mol. The molecule has 8 aromatic carbocycles. The molecule has 0 fully saturated rings. The van der Waals surface area contributed by atoms with Gasteiger partial charge in [-0.2, -0.15) is 0 Å². The molecule has 0 aliphatic carbocycles. The van der Waals surface area contributed by atoms with E-state index in [1.165, 1.54) is 76.5 Å². The molecule has 0 heteroatoms. The van der Waals surface area contributed by atoms with Gasteiger partial charge in [0.15, 0.2) is 0 Å². The number of fused-ring (bicyclic) bond motifs is 5. The van der Waals surface area contributed by atoms with Crippen LogP contribution in [0.1, 0.15) is 0 Å². The Bertz CT molecular complexity index is 2210. The van der Waals surface area contributed by atoms with Crippen molar-refractivity contribution in [3.05, 3.63) is 158 Å². The molecule has 186 valence electrons. The van der Waals surface area contributed by atoms with Crippen LogP contribution in [0.3, 0.4) is 0 Å². The van der Waals surface area contributed by atoms with Gasteiger partial charge in [0.1, 0.15) is 0 Å². The lowest BCUT2D eigenvalue weighted by molar-refractivity contribution is 1.62. The molecule has 0 bridgehead atoms. The van der Waals surface area contributed by atoms with Gasteiger partial charge in [0.05, 0.1) is 0 Å². The summed E-state index contributed by atoms with van der Waals surface area (Å²) in [5.41, 5.74) is 7.53. The van der Waals surface area contributed by atoms with E-state index in [4.69, 9.17) is 0 Å². The van der Waals surface area contributed by atoms with Gasteiger partial charge < -0.3 is 0 Å². The van der Waals surface area contributed by atoms with Crippen molar-refractivity contribution < 1.29 is 0 Å². The maximum Gasteiger partial charge on any atom is -0.00262 e. The van der Waals surface area contributed by atoms with Crippen molar-refractivity contribution in [2.24, 2.45) is 0 Å². The largest absolute Gasteiger partial charge is 0.0616 e. The van der Waals surface area contributed by atoms with Crippen LogP contribution in [0.5, 0.6) is 0 Å². The number of benzene rings is 8. The Balaban J connectivity index is 1.35. The fourth-order valence-corrected chi connectivity index (χ4v) is 6.32. The Kier molecular flexibility index (Phi) is 5.24. The molecule has 0 saturated carbocycles. The fraction of sp³-hybridized carbons (Fsp3) is 0. The van der Waals surface area contributed by atoms with E-state index in [2.05, 4.69) is 158 Å². The lowest BCUT2D eigenvalue weighted by Gasteiger charge is -2.16. The molecule has 0 unspecified atom stereocenters. The molecule has 0 amide bonds. The Labute approximate surface area is 233 Å². The van der Waals surface area contributed by atoms with Gasteiger partial charge in [0, 0.05) is 0 Å². The Morgan fingerprint density at radius 2 is 0.850 bits per heavy atom. The van der Waals surface area contributed by atoms with Crippen molar-refractivity contribution in [2.45, 2.75) is 0 Å². The van der Waals surface area contributed by atoms with Crippen LogP contribution in [0.4, 0.5) is 0 Å². The maximum atomic E-state index is 2.38. The molecule has 0 aromatic heterocycles. The first kappa shape index (κ1) is 22.8. The smallest absolute Gasteiger partial charge is 0.00262 e. The van der Waals surface area contributed by atoms with Gasteiger partial charge in [-0.1, -0.05) is 140 Å². The quantitative estimate of drug-likeness (QED) is 0.209. The average Bonchev–Trinajstić information content (AvgIpc) is 3.03. The minimum Gasteiger partial charge on any atom is -0.0616 e. The van der Waals surface area contributed by atoms with Crippen molar-refractivity contribution in [2.75, 3.05) is 0 Å². The second-order valence-electron chi connectivity index (χ2n) is 10.5. The first-order valence-electron chi connectivity index (χ1n) is 13.9. The summed E-state index contributed by atoms with van der Waals surface area (Å²) < 4.78 is 0. The third-order valence-corrected chi connectivity index (χ3v) is 8.22. The van der Waals surface area contributed by atoms with E-state index in [9.17, 15) is 0 Å². The summed E-state index contributed by atoms with van der Waals surface area (Å²) in [4.78, 5) is 0. The number of hydrogen-bond donors (Lipinski definition) is 0. The van der Waals surface area contributed by atoms with Crippen molar-refractivity contribution in [1.82, 2.24) is 0 Å². The van der Waals surface area contributed by atoms with E-state index in [-0.39, 0.29) is 0 Å². The summed E-state index contributed by atoms with van der Waals surface area (Å²) in [5.74, 6) is 0. The first-order valence-corrected chi connectivity index (χ1v) is 13.9. The highest BCUT2D eigenvalue weighted by atomic mass is 14.2. The lowest BCUT2D eigenvalue weighted by Crippen LogP contribution is -1.89. The van der Waals surface area contributed by atoms with E-state index in [0.717, 1.165) is 0 Å². The van der Waals surface area contributed by atoms with Gasteiger partial charge in [-0.25, -0.2) is 0 Å². The van der Waals surface area contributed by atoms with Gasteiger partial charge in [-0.3, -0.25) is 0 Å². The highest BCUT2D eigenvalue weighted by molar-refractivity contribution is 6.20. The predicted octanol–water partition coefficient (Wildman–Crippen LogP) is 11.3. The van der Waals surface area contributed by atoms with Crippen LogP contribution in [0.25, 0.3) is 76.5 Å². The zero-order valence-corrected chi connectivity index (χ0v) is 22.0. The van der Waals surface area contributed by atoms with Crippen molar-refractivity contribution in [3.8, 4) is 33.4 Å². The highest BCUT2D eigenvalue weighted by Crippen LogP contribution is 2.41. The maximum absolute atomic E-state index is 2.38. The van der Waals surface area contributed by atoms with E-state index >= 15 is 0 Å². The summed E-state index contributed by atoms with van der Waals surface area (Å²) in [7, 11) is 0. The van der Waals surface area contributed by atoms with Crippen LogP contribution >= 0.6 is 0 Å². The Hall–Kier alpha value is -5.20. The summed E-state index contributed by atoms with van der Waals surface area (Å²) in [5, 5.41) is 10.2. The molecule has 0 nitrogen and oxygen atoms in total. The first-order chi connectivity index (χ1) is 19.8. The number of rotatable bonds is 3. The topological polar surface area (TPSA) is 0 Å². The highest BCUT2D eigenvalue weighted by Gasteiger charge is 2.14. The molecule has 40 heavy (non-hydrogen) atoms. The van der Waals surface area contributed by atoms with Gasteiger partial charge >= 0.3 is 0 Å².